The van der Waals surface area contributed by atoms with E-state index in [-0.39, 0.29) is 5.41 Å². The average molecular weight is 472 g/mol. The number of ether oxygens (including phenoxy) is 1. The molecule has 0 amide bonds. The van der Waals surface area contributed by atoms with Gasteiger partial charge in [0.05, 0.1) is 0 Å². The highest BCUT2D eigenvalue weighted by Crippen LogP contribution is 2.26. The van der Waals surface area contributed by atoms with Gasteiger partial charge in [-0.25, -0.2) is 0 Å². The molecule has 3 aromatic rings. The molecule has 6 heteroatoms. The van der Waals surface area contributed by atoms with Gasteiger partial charge < -0.3 is 4.74 Å². The molecule has 0 aliphatic heterocycles. The van der Waals surface area contributed by atoms with Gasteiger partial charge in [-0.05, 0) is 40.8 Å². The van der Waals surface area contributed by atoms with E-state index < -0.39 is 0 Å². The van der Waals surface area contributed by atoms with Crippen LogP contribution in [-0.2, 0) is 24.3 Å². The van der Waals surface area contributed by atoms with Crippen LogP contribution in [0.3, 0.4) is 0 Å². The molecule has 0 radical (unpaired) electrons. The van der Waals surface area contributed by atoms with E-state index in [2.05, 4.69) is 82.3 Å². The molecule has 0 saturated heterocycles. The van der Waals surface area contributed by atoms with Crippen molar-refractivity contribution in [1.29, 1.82) is 0 Å². The Labute approximate surface area is 185 Å². The van der Waals surface area contributed by atoms with Crippen LogP contribution >= 0.6 is 27.7 Å². The van der Waals surface area contributed by atoms with Crippen molar-refractivity contribution in [3.05, 3.63) is 82.6 Å². The summed E-state index contributed by atoms with van der Waals surface area (Å²) in [5.41, 5.74) is 2.64. The molecule has 0 bridgehead atoms. The van der Waals surface area contributed by atoms with Crippen LogP contribution in [0.2, 0.25) is 0 Å². The minimum atomic E-state index is 0.128. The number of thioether (sulfide) groups is 1. The predicted octanol–water partition coefficient (Wildman–Crippen LogP) is 6.40. The summed E-state index contributed by atoms with van der Waals surface area (Å²) >= 11 is 5.18. The third kappa shape index (κ3) is 5.97. The van der Waals surface area contributed by atoms with Gasteiger partial charge in [-0.15, -0.1) is 16.8 Å². The molecule has 152 valence electrons. The van der Waals surface area contributed by atoms with E-state index in [4.69, 9.17) is 4.74 Å². The van der Waals surface area contributed by atoms with Crippen molar-refractivity contribution in [2.24, 2.45) is 0 Å². The zero-order valence-corrected chi connectivity index (χ0v) is 19.5. The molecule has 2 aromatic carbocycles. The Hall–Kier alpha value is -2.05. The second-order valence-electron chi connectivity index (χ2n) is 7.78. The lowest BCUT2D eigenvalue weighted by Gasteiger charge is -2.19. The fourth-order valence-electron chi connectivity index (χ4n) is 2.82. The Morgan fingerprint density at radius 3 is 2.55 bits per heavy atom. The van der Waals surface area contributed by atoms with Gasteiger partial charge in [0, 0.05) is 16.8 Å². The van der Waals surface area contributed by atoms with Gasteiger partial charge in [0.25, 0.3) is 0 Å². The van der Waals surface area contributed by atoms with Crippen LogP contribution in [0.5, 0.6) is 5.75 Å². The number of rotatable bonds is 8. The zero-order valence-electron chi connectivity index (χ0n) is 17.1. The molecule has 0 saturated carbocycles. The number of hydrogen-bond acceptors (Lipinski definition) is 4. The van der Waals surface area contributed by atoms with Gasteiger partial charge >= 0.3 is 0 Å². The van der Waals surface area contributed by atoms with Crippen molar-refractivity contribution in [3.8, 4) is 5.75 Å². The molecule has 1 aromatic heterocycles. The van der Waals surface area contributed by atoms with Gasteiger partial charge in [0.15, 0.2) is 11.0 Å². The molecule has 1 heterocycles. The summed E-state index contributed by atoms with van der Waals surface area (Å²) in [6, 6.07) is 16.5. The average Bonchev–Trinajstić information content (AvgIpc) is 3.06. The second-order valence-corrected chi connectivity index (χ2v) is 9.64. The van der Waals surface area contributed by atoms with E-state index in [1.54, 1.807) is 11.8 Å². The lowest BCUT2D eigenvalue weighted by Crippen LogP contribution is -2.11. The van der Waals surface area contributed by atoms with E-state index in [0.717, 1.165) is 27.0 Å². The number of aromatic nitrogens is 3. The van der Waals surface area contributed by atoms with Crippen molar-refractivity contribution in [2.75, 3.05) is 0 Å². The molecule has 29 heavy (non-hydrogen) atoms. The first-order valence-electron chi connectivity index (χ1n) is 9.50. The van der Waals surface area contributed by atoms with Crippen LogP contribution in [0.15, 0.2) is 70.8 Å². The Morgan fingerprint density at radius 2 is 1.90 bits per heavy atom. The van der Waals surface area contributed by atoms with E-state index in [9.17, 15) is 0 Å². The van der Waals surface area contributed by atoms with Crippen molar-refractivity contribution >= 4 is 27.7 Å². The van der Waals surface area contributed by atoms with E-state index in [0.29, 0.717) is 13.2 Å². The molecule has 0 N–H and O–H groups in total. The number of halogens is 1. The fourth-order valence-corrected chi connectivity index (χ4v) is 4.17. The molecule has 0 unspecified atom stereocenters. The lowest BCUT2D eigenvalue weighted by atomic mass is 9.87. The highest BCUT2D eigenvalue weighted by molar-refractivity contribution is 9.10. The molecule has 0 fully saturated rings. The highest BCUT2D eigenvalue weighted by Gasteiger charge is 2.15. The number of nitrogens with zero attached hydrogens (tertiary/aromatic N) is 3. The molecular weight excluding hydrogens is 446 g/mol. The summed E-state index contributed by atoms with van der Waals surface area (Å²) in [7, 11) is 0. The van der Waals surface area contributed by atoms with Crippen molar-refractivity contribution in [3.63, 3.8) is 0 Å². The van der Waals surface area contributed by atoms with Gasteiger partial charge in [0.2, 0.25) is 0 Å². The van der Waals surface area contributed by atoms with Crippen LogP contribution < -0.4 is 4.74 Å². The van der Waals surface area contributed by atoms with E-state index in [1.807, 2.05) is 30.3 Å². The Morgan fingerprint density at radius 1 is 1.14 bits per heavy atom. The maximum atomic E-state index is 5.97. The van der Waals surface area contributed by atoms with Crippen molar-refractivity contribution < 1.29 is 4.74 Å². The normalized spacial score (nSPS) is 11.4. The largest absolute Gasteiger partial charge is 0.486 e. The first-order valence-corrected chi connectivity index (χ1v) is 11.3. The highest BCUT2D eigenvalue weighted by atomic mass is 79.9. The fraction of sp³-hybridized carbons (Fsp3) is 0.304. The first-order chi connectivity index (χ1) is 13.9. The van der Waals surface area contributed by atoms with Crippen LogP contribution in [-0.4, -0.2) is 14.8 Å². The molecular formula is C23H26BrN3OS. The maximum absolute atomic E-state index is 5.97. The monoisotopic (exact) mass is 471 g/mol. The molecule has 0 aliphatic rings. The Balaban J connectivity index is 1.67. The van der Waals surface area contributed by atoms with Gasteiger partial charge in [-0.2, -0.15) is 0 Å². The van der Waals surface area contributed by atoms with Gasteiger partial charge in [0.1, 0.15) is 12.4 Å². The van der Waals surface area contributed by atoms with Crippen LogP contribution in [0.4, 0.5) is 0 Å². The van der Waals surface area contributed by atoms with Gasteiger partial charge in [-0.1, -0.05) is 78.8 Å². The molecule has 0 atom stereocenters. The van der Waals surface area contributed by atoms with Gasteiger partial charge in [-0.3, -0.25) is 4.57 Å². The molecule has 4 nitrogen and oxygen atoms in total. The SMILES string of the molecule is C=CCn1c(COc2ccc(C(C)(C)C)cc2)nnc1SCc1cccc(Br)c1. The lowest BCUT2D eigenvalue weighted by molar-refractivity contribution is 0.289. The predicted molar refractivity (Wildman–Crippen MR) is 123 cm³/mol. The van der Waals surface area contributed by atoms with Crippen molar-refractivity contribution in [1.82, 2.24) is 14.8 Å². The summed E-state index contributed by atoms with van der Waals surface area (Å²) < 4.78 is 9.10. The Kier molecular flexibility index (Phi) is 7.19. The van der Waals surface area contributed by atoms with Crippen molar-refractivity contribution in [2.45, 2.75) is 50.2 Å². The van der Waals surface area contributed by atoms with E-state index in [1.165, 1.54) is 11.1 Å². The topological polar surface area (TPSA) is 39.9 Å². The quantitative estimate of drug-likeness (QED) is 0.281. The molecule has 3 rings (SSSR count). The summed E-state index contributed by atoms with van der Waals surface area (Å²) in [5.74, 6) is 2.44. The van der Waals surface area contributed by atoms with E-state index >= 15 is 0 Å². The number of hydrogen-bond donors (Lipinski definition) is 0. The third-order valence-electron chi connectivity index (χ3n) is 4.45. The standard InChI is InChI=1S/C23H26BrN3OS/c1-5-13-27-21(15-28-20-11-9-18(10-12-20)23(2,3)4)25-26-22(27)29-16-17-7-6-8-19(24)14-17/h5-12,14H,1,13,15-16H2,2-4H3. The van der Waals surface area contributed by atoms with Crippen LogP contribution in [0.25, 0.3) is 0 Å². The number of benzene rings is 2. The first kappa shape index (κ1) is 21.7. The molecule has 0 aliphatic carbocycles. The zero-order chi connectivity index (χ0) is 20.9. The minimum absolute atomic E-state index is 0.128. The summed E-state index contributed by atoms with van der Waals surface area (Å²) in [4.78, 5) is 0. The maximum Gasteiger partial charge on any atom is 0.191 e. The second kappa shape index (κ2) is 9.63. The smallest absolute Gasteiger partial charge is 0.191 e. The number of allylic oxidation sites excluding steroid dienone is 1. The van der Waals surface area contributed by atoms with Crippen LogP contribution in [0.1, 0.15) is 37.7 Å². The third-order valence-corrected chi connectivity index (χ3v) is 5.98. The Bertz CT molecular complexity index is 961. The summed E-state index contributed by atoms with van der Waals surface area (Å²) in [6.07, 6.45) is 1.86. The summed E-state index contributed by atoms with van der Waals surface area (Å²) in [5, 5.41) is 9.58. The molecule has 0 spiro atoms. The van der Waals surface area contributed by atoms with Crippen LogP contribution in [0, 0.1) is 0 Å². The minimum Gasteiger partial charge on any atom is -0.486 e. The summed E-state index contributed by atoms with van der Waals surface area (Å²) in [6.45, 7) is 11.5.